The lowest BCUT2D eigenvalue weighted by atomic mass is 10.0. The third-order valence-electron chi connectivity index (χ3n) is 3.38. The molecule has 1 aliphatic rings. The van der Waals surface area contributed by atoms with Crippen LogP contribution in [0, 0.1) is 6.92 Å². The molecule has 0 aliphatic heterocycles. The van der Waals surface area contributed by atoms with E-state index in [0.717, 1.165) is 32.0 Å². The molecule has 17 heavy (non-hydrogen) atoms. The number of ether oxygens (including phenoxy) is 1. The second-order valence-electron chi connectivity index (χ2n) is 5.01. The Balaban J connectivity index is 1.90. The molecule has 0 radical (unpaired) electrons. The Hall–Kier alpha value is -0.860. The van der Waals surface area contributed by atoms with Crippen LogP contribution in [-0.4, -0.2) is 19.8 Å². The average molecular weight is 233 g/mol. The zero-order valence-electron chi connectivity index (χ0n) is 11.0. The Bertz CT molecular complexity index is 358. The number of rotatable bonds is 7. The molecule has 1 fully saturated rings. The number of hydrogen-bond donors (Lipinski definition) is 1. The van der Waals surface area contributed by atoms with Gasteiger partial charge in [0, 0.05) is 26.3 Å². The normalized spacial score (nSPS) is 15.2. The van der Waals surface area contributed by atoms with Gasteiger partial charge in [-0.25, -0.2) is 0 Å². The van der Waals surface area contributed by atoms with Crippen LogP contribution in [0.1, 0.15) is 36.0 Å². The molecule has 94 valence electrons. The molecule has 0 saturated heterocycles. The molecule has 0 aromatic heterocycles. The summed E-state index contributed by atoms with van der Waals surface area (Å²) >= 11 is 0. The van der Waals surface area contributed by atoms with Gasteiger partial charge in [-0.1, -0.05) is 18.2 Å². The summed E-state index contributed by atoms with van der Waals surface area (Å²) in [6.45, 7) is 4.06. The van der Waals surface area contributed by atoms with Gasteiger partial charge in [0.15, 0.2) is 0 Å². The maximum Gasteiger partial charge on any atom is 0.0465 e. The van der Waals surface area contributed by atoms with Crippen molar-refractivity contribution in [3.05, 3.63) is 34.9 Å². The topological polar surface area (TPSA) is 21.3 Å². The lowest BCUT2D eigenvalue weighted by Crippen LogP contribution is -2.15. The highest BCUT2D eigenvalue weighted by atomic mass is 16.5. The van der Waals surface area contributed by atoms with Gasteiger partial charge in [0.05, 0.1) is 0 Å². The molecule has 2 nitrogen and oxygen atoms in total. The summed E-state index contributed by atoms with van der Waals surface area (Å²) in [4.78, 5) is 0. The van der Waals surface area contributed by atoms with E-state index in [9.17, 15) is 0 Å². The van der Waals surface area contributed by atoms with Crippen LogP contribution in [0.3, 0.4) is 0 Å². The Kier molecular flexibility index (Phi) is 4.57. The maximum absolute atomic E-state index is 5.11. The molecule has 1 aromatic carbocycles. The van der Waals surface area contributed by atoms with E-state index in [1.807, 2.05) is 0 Å². The molecule has 0 atom stereocenters. The summed E-state index contributed by atoms with van der Waals surface area (Å²) in [6.07, 6.45) is 4.94. The fourth-order valence-electron chi connectivity index (χ4n) is 2.06. The zero-order chi connectivity index (χ0) is 12.1. The zero-order valence-corrected chi connectivity index (χ0v) is 11.0. The summed E-state index contributed by atoms with van der Waals surface area (Å²) in [5.74, 6) is 0. The number of methoxy groups -OCH3 is 1. The summed E-state index contributed by atoms with van der Waals surface area (Å²) in [6, 6.07) is 7.62. The van der Waals surface area contributed by atoms with Crippen molar-refractivity contribution in [1.82, 2.24) is 5.32 Å². The van der Waals surface area contributed by atoms with E-state index < -0.39 is 0 Å². The van der Waals surface area contributed by atoms with Crippen molar-refractivity contribution < 1.29 is 4.74 Å². The van der Waals surface area contributed by atoms with Gasteiger partial charge in [-0.05, 0) is 49.3 Å². The largest absolute Gasteiger partial charge is 0.385 e. The fourth-order valence-corrected chi connectivity index (χ4v) is 2.06. The number of aryl methyl sites for hydroxylation is 2. The Morgan fingerprint density at radius 3 is 2.88 bits per heavy atom. The monoisotopic (exact) mass is 233 g/mol. The summed E-state index contributed by atoms with van der Waals surface area (Å²) in [7, 11) is 1.77. The smallest absolute Gasteiger partial charge is 0.0465 e. The molecule has 0 unspecified atom stereocenters. The Morgan fingerprint density at radius 1 is 1.35 bits per heavy atom. The van der Waals surface area contributed by atoms with Crippen LogP contribution in [-0.2, 0) is 17.7 Å². The molecule has 0 heterocycles. The second-order valence-corrected chi connectivity index (χ2v) is 5.01. The predicted molar refractivity (Wildman–Crippen MR) is 71.2 cm³/mol. The third kappa shape index (κ3) is 4.14. The van der Waals surface area contributed by atoms with Crippen LogP contribution in [0.5, 0.6) is 0 Å². The first-order chi connectivity index (χ1) is 8.29. The van der Waals surface area contributed by atoms with Crippen molar-refractivity contribution in [1.29, 1.82) is 0 Å². The van der Waals surface area contributed by atoms with E-state index in [1.165, 1.54) is 29.5 Å². The average Bonchev–Trinajstić information content (AvgIpc) is 3.14. The highest BCUT2D eigenvalue weighted by Gasteiger charge is 2.19. The fraction of sp³-hybridized carbons (Fsp3) is 0.600. The SMILES string of the molecule is COCCCc1cc(CNC2CC2)ccc1C. The van der Waals surface area contributed by atoms with Crippen molar-refractivity contribution in [3.8, 4) is 0 Å². The molecular formula is C15H23NO. The van der Waals surface area contributed by atoms with Crippen LogP contribution in [0.2, 0.25) is 0 Å². The molecule has 1 saturated carbocycles. The van der Waals surface area contributed by atoms with E-state index in [1.54, 1.807) is 7.11 Å². The molecule has 2 rings (SSSR count). The van der Waals surface area contributed by atoms with Gasteiger partial charge < -0.3 is 10.1 Å². The van der Waals surface area contributed by atoms with Crippen LogP contribution in [0.25, 0.3) is 0 Å². The minimum absolute atomic E-state index is 0.785. The van der Waals surface area contributed by atoms with Crippen LogP contribution < -0.4 is 5.32 Å². The molecule has 0 bridgehead atoms. The molecule has 0 amide bonds. The Morgan fingerprint density at radius 2 is 2.18 bits per heavy atom. The van der Waals surface area contributed by atoms with E-state index in [0.29, 0.717) is 0 Å². The molecule has 2 heteroatoms. The van der Waals surface area contributed by atoms with Gasteiger partial charge in [-0.15, -0.1) is 0 Å². The van der Waals surface area contributed by atoms with Gasteiger partial charge in [-0.3, -0.25) is 0 Å². The van der Waals surface area contributed by atoms with Crippen molar-refractivity contribution in [2.24, 2.45) is 0 Å². The quantitative estimate of drug-likeness (QED) is 0.731. The molecule has 1 aromatic rings. The first-order valence-electron chi connectivity index (χ1n) is 6.60. The van der Waals surface area contributed by atoms with Gasteiger partial charge in [0.1, 0.15) is 0 Å². The van der Waals surface area contributed by atoms with E-state index in [-0.39, 0.29) is 0 Å². The summed E-state index contributed by atoms with van der Waals surface area (Å²) < 4.78 is 5.11. The molecule has 0 spiro atoms. The summed E-state index contributed by atoms with van der Waals surface area (Å²) in [5.41, 5.74) is 4.28. The van der Waals surface area contributed by atoms with Crippen molar-refractivity contribution >= 4 is 0 Å². The third-order valence-corrected chi connectivity index (χ3v) is 3.38. The lowest BCUT2D eigenvalue weighted by molar-refractivity contribution is 0.195. The second kappa shape index (κ2) is 6.18. The van der Waals surface area contributed by atoms with Gasteiger partial charge in [0.2, 0.25) is 0 Å². The van der Waals surface area contributed by atoms with Crippen LogP contribution in [0.4, 0.5) is 0 Å². The van der Waals surface area contributed by atoms with E-state index in [4.69, 9.17) is 4.74 Å². The lowest BCUT2D eigenvalue weighted by Gasteiger charge is -2.09. The number of benzene rings is 1. The van der Waals surface area contributed by atoms with Gasteiger partial charge in [-0.2, -0.15) is 0 Å². The maximum atomic E-state index is 5.11. The van der Waals surface area contributed by atoms with E-state index >= 15 is 0 Å². The predicted octanol–water partition coefficient (Wildman–Crippen LogP) is 2.83. The van der Waals surface area contributed by atoms with Crippen LogP contribution in [0.15, 0.2) is 18.2 Å². The first kappa shape index (κ1) is 12.6. The highest BCUT2D eigenvalue weighted by Crippen LogP contribution is 2.20. The molecule has 1 N–H and O–H groups in total. The van der Waals surface area contributed by atoms with Crippen molar-refractivity contribution in [3.63, 3.8) is 0 Å². The highest BCUT2D eigenvalue weighted by molar-refractivity contribution is 5.31. The number of hydrogen-bond acceptors (Lipinski definition) is 2. The van der Waals surface area contributed by atoms with Gasteiger partial charge >= 0.3 is 0 Å². The minimum Gasteiger partial charge on any atom is -0.385 e. The van der Waals surface area contributed by atoms with Crippen LogP contribution >= 0.6 is 0 Å². The molecular weight excluding hydrogens is 210 g/mol. The van der Waals surface area contributed by atoms with Crippen molar-refractivity contribution in [2.45, 2.75) is 45.2 Å². The molecule has 1 aliphatic carbocycles. The minimum atomic E-state index is 0.785. The first-order valence-corrected chi connectivity index (χ1v) is 6.60. The standard InChI is InChI=1S/C15H23NO/c1-12-5-6-13(11-16-15-7-8-15)10-14(12)4-3-9-17-2/h5-6,10,15-16H,3-4,7-9,11H2,1-2H3. The summed E-state index contributed by atoms with van der Waals surface area (Å²) in [5, 5.41) is 3.56. The van der Waals surface area contributed by atoms with Gasteiger partial charge in [0.25, 0.3) is 0 Å². The Labute approximate surface area is 104 Å². The van der Waals surface area contributed by atoms with Crippen molar-refractivity contribution in [2.75, 3.05) is 13.7 Å². The number of nitrogens with one attached hydrogen (secondary N) is 1. The van der Waals surface area contributed by atoms with E-state index in [2.05, 4.69) is 30.4 Å².